The number of ether oxygens (including phenoxy) is 1. The maximum Gasteiger partial charge on any atom is 0.416 e. The lowest BCUT2D eigenvalue weighted by atomic mass is 9.81. The van der Waals surface area contributed by atoms with Crippen molar-refractivity contribution in [3.8, 4) is 11.1 Å². The van der Waals surface area contributed by atoms with Gasteiger partial charge in [0.15, 0.2) is 5.78 Å². The summed E-state index contributed by atoms with van der Waals surface area (Å²) in [5.74, 6) is -1.04. The number of carbonyl (C=O) groups excluding carboxylic acids is 3. The van der Waals surface area contributed by atoms with Crippen molar-refractivity contribution >= 4 is 29.2 Å². The highest BCUT2D eigenvalue weighted by Crippen LogP contribution is 2.41. The first-order valence-electron chi connectivity index (χ1n) is 13.9. The van der Waals surface area contributed by atoms with E-state index in [0.29, 0.717) is 29.1 Å². The number of amides is 1. The molecule has 1 aromatic heterocycles. The van der Waals surface area contributed by atoms with E-state index in [0.717, 1.165) is 10.5 Å². The van der Waals surface area contributed by atoms with Crippen LogP contribution in [0, 0.1) is 6.92 Å². The van der Waals surface area contributed by atoms with Crippen LogP contribution in [-0.2, 0) is 36.9 Å². The predicted molar refractivity (Wildman–Crippen MR) is 155 cm³/mol. The van der Waals surface area contributed by atoms with Crippen LogP contribution in [0.3, 0.4) is 0 Å². The van der Waals surface area contributed by atoms with Crippen molar-refractivity contribution < 1.29 is 45.5 Å². The Kier molecular flexibility index (Phi) is 9.05. The molecular weight excluding hydrogens is 604 g/mol. The number of carbonyl (C=O) groups is 3. The Morgan fingerprint density at radius 2 is 1.53 bits per heavy atom. The van der Waals surface area contributed by atoms with E-state index in [1.807, 2.05) is 13.0 Å². The first-order valence-corrected chi connectivity index (χ1v) is 13.9. The third-order valence-electron chi connectivity index (χ3n) is 7.84. The van der Waals surface area contributed by atoms with Crippen molar-refractivity contribution in [3.05, 3.63) is 77.0 Å². The molecule has 45 heavy (non-hydrogen) atoms. The minimum Gasteiger partial charge on any atom is -0.464 e. The van der Waals surface area contributed by atoms with Gasteiger partial charge < -0.3 is 14.5 Å². The Hall–Kier alpha value is -4.42. The third-order valence-corrected chi connectivity index (χ3v) is 7.84. The van der Waals surface area contributed by atoms with Gasteiger partial charge in [-0.3, -0.25) is 14.4 Å². The highest BCUT2D eigenvalue weighted by Gasteiger charge is 2.41. The topological polar surface area (TPSA) is 79.8 Å². The van der Waals surface area contributed by atoms with Crippen LogP contribution in [0.25, 0.3) is 11.1 Å². The van der Waals surface area contributed by atoms with Gasteiger partial charge in [0.2, 0.25) is 5.91 Å². The maximum atomic E-state index is 14.0. The Morgan fingerprint density at radius 1 is 0.956 bits per heavy atom. The molecule has 13 heteroatoms. The summed E-state index contributed by atoms with van der Waals surface area (Å²) >= 11 is 0. The number of halogens is 6. The molecule has 0 unspecified atom stereocenters. The second-order valence-corrected chi connectivity index (χ2v) is 11.5. The molecule has 1 atom stereocenters. The van der Waals surface area contributed by atoms with Crippen LogP contribution in [0.2, 0.25) is 0 Å². The van der Waals surface area contributed by atoms with Crippen LogP contribution in [-0.4, -0.2) is 48.9 Å². The van der Waals surface area contributed by atoms with Crippen molar-refractivity contribution in [1.29, 1.82) is 0 Å². The van der Waals surface area contributed by atoms with E-state index in [2.05, 4.69) is 4.98 Å². The number of ketones is 1. The summed E-state index contributed by atoms with van der Waals surface area (Å²) in [4.78, 5) is 45.1. The Balaban J connectivity index is 1.81. The molecule has 3 aromatic rings. The summed E-state index contributed by atoms with van der Waals surface area (Å²) in [5, 5.41) is 0. The Bertz CT molecular complexity index is 1600. The highest BCUT2D eigenvalue weighted by atomic mass is 19.4. The molecule has 0 N–H and O–H groups in total. The molecule has 7 nitrogen and oxygen atoms in total. The molecule has 0 bridgehead atoms. The number of rotatable bonds is 7. The molecule has 1 saturated heterocycles. The van der Waals surface area contributed by atoms with Gasteiger partial charge in [-0.05, 0) is 61.7 Å². The summed E-state index contributed by atoms with van der Waals surface area (Å²) < 4.78 is 86.8. The molecule has 240 valence electrons. The van der Waals surface area contributed by atoms with E-state index in [4.69, 9.17) is 4.74 Å². The number of Topliss-reactive ketones (excluding diaryl/α,β-unsaturated/α-hetero) is 1. The number of hydrogen-bond donors (Lipinski definition) is 0. The number of aryl methyl sites for hydroxylation is 1. The van der Waals surface area contributed by atoms with Gasteiger partial charge in [0.1, 0.15) is 12.4 Å². The predicted octanol–water partition coefficient (Wildman–Crippen LogP) is 6.75. The van der Waals surface area contributed by atoms with Gasteiger partial charge in [0.05, 0.1) is 41.0 Å². The number of alkyl halides is 6. The zero-order chi connectivity index (χ0) is 33.5. The number of anilines is 2. The largest absolute Gasteiger partial charge is 0.464 e. The molecule has 1 amide bonds. The van der Waals surface area contributed by atoms with E-state index in [9.17, 15) is 40.7 Å². The standard InChI is InChI=1S/C32H31F6N3O4/c1-18-8-6-7-9-25(18)26-14-28(41-16-24(43)13-23(41)17-45-19(2)42)39-15-27(26)40(5)29(44)30(3,4)20-10-21(31(33,34)35)12-22(11-20)32(36,37)38/h6-12,14-15,23H,13,16-17H2,1-5H3/t23-/m0/s1. The second-order valence-electron chi connectivity index (χ2n) is 11.5. The minimum absolute atomic E-state index is 0.00434. The first kappa shape index (κ1) is 33.5. The average Bonchev–Trinajstić information content (AvgIpc) is 3.34. The van der Waals surface area contributed by atoms with Crippen molar-refractivity contribution in [1.82, 2.24) is 4.98 Å². The average molecular weight is 636 g/mol. The van der Waals surface area contributed by atoms with Crippen LogP contribution in [0.5, 0.6) is 0 Å². The third kappa shape index (κ3) is 7.12. The van der Waals surface area contributed by atoms with Gasteiger partial charge in [0, 0.05) is 26.0 Å². The zero-order valence-corrected chi connectivity index (χ0v) is 25.1. The molecule has 4 rings (SSSR count). The number of pyridine rings is 1. The number of esters is 1. The number of likely N-dealkylation sites (N-methyl/N-ethyl adjacent to an activating group) is 1. The molecule has 1 fully saturated rings. The normalized spacial score (nSPS) is 15.8. The van der Waals surface area contributed by atoms with Gasteiger partial charge in [-0.1, -0.05) is 24.3 Å². The first-order chi connectivity index (χ1) is 20.8. The lowest BCUT2D eigenvalue weighted by Gasteiger charge is -2.32. The van der Waals surface area contributed by atoms with Crippen LogP contribution >= 0.6 is 0 Å². The van der Waals surface area contributed by atoms with E-state index in [1.165, 1.54) is 34.0 Å². The van der Waals surface area contributed by atoms with Crippen LogP contribution < -0.4 is 9.80 Å². The molecule has 0 spiro atoms. The maximum absolute atomic E-state index is 14.0. The van der Waals surface area contributed by atoms with Crippen LogP contribution in [0.15, 0.2) is 54.7 Å². The fraction of sp³-hybridized carbons (Fsp3) is 0.375. The lowest BCUT2D eigenvalue weighted by Crippen LogP contribution is -2.42. The summed E-state index contributed by atoms with van der Waals surface area (Å²) in [6, 6.07) is 9.48. The molecule has 2 heterocycles. The number of hydrogen-bond acceptors (Lipinski definition) is 6. The molecule has 2 aromatic carbocycles. The smallest absolute Gasteiger partial charge is 0.416 e. The van der Waals surface area contributed by atoms with Crippen molar-refractivity contribution in [3.63, 3.8) is 0 Å². The van der Waals surface area contributed by atoms with Gasteiger partial charge in [-0.2, -0.15) is 26.3 Å². The quantitative estimate of drug-likeness (QED) is 0.211. The van der Waals surface area contributed by atoms with Crippen molar-refractivity contribution in [2.75, 3.05) is 30.0 Å². The Morgan fingerprint density at radius 3 is 2.09 bits per heavy atom. The molecule has 1 aliphatic rings. The van der Waals surface area contributed by atoms with E-state index < -0.39 is 52.4 Å². The Labute approximate surface area is 255 Å². The van der Waals surface area contributed by atoms with Crippen LogP contribution in [0.4, 0.5) is 37.8 Å². The molecule has 0 aliphatic carbocycles. The van der Waals surface area contributed by atoms with Gasteiger partial charge in [-0.25, -0.2) is 4.98 Å². The highest BCUT2D eigenvalue weighted by molar-refractivity contribution is 6.03. The fourth-order valence-electron chi connectivity index (χ4n) is 5.31. The van der Waals surface area contributed by atoms with Gasteiger partial charge >= 0.3 is 18.3 Å². The SMILES string of the molecule is CC(=O)OC[C@@H]1CC(=O)CN1c1cc(-c2ccccc2C)c(N(C)C(=O)C(C)(C)c2cc(C(F)(F)F)cc(C(F)(F)F)c2)cn1. The summed E-state index contributed by atoms with van der Waals surface area (Å²) in [5.41, 5.74) is -3.16. The van der Waals surface area contributed by atoms with E-state index in [1.54, 1.807) is 29.2 Å². The second kappa shape index (κ2) is 12.2. The zero-order valence-electron chi connectivity index (χ0n) is 25.1. The molecule has 0 radical (unpaired) electrons. The van der Waals surface area contributed by atoms with Gasteiger partial charge in [0.25, 0.3) is 0 Å². The lowest BCUT2D eigenvalue weighted by molar-refractivity contribution is -0.144. The molecule has 0 saturated carbocycles. The number of aromatic nitrogens is 1. The van der Waals surface area contributed by atoms with Crippen LogP contribution in [0.1, 0.15) is 49.4 Å². The fourth-order valence-corrected chi connectivity index (χ4v) is 5.31. The summed E-state index contributed by atoms with van der Waals surface area (Å²) in [7, 11) is 1.36. The minimum atomic E-state index is -5.08. The van der Waals surface area contributed by atoms with E-state index >= 15 is 0 Å². The summed E-state index contributed by atoms with van der Waals surface area (Å²) in [6.07, 6.45) is -8.67. The number of nitrogens with zero attached hydrogens (tertiary/aromatic N) is 3. The van der Waals surface area contributed by atoms with Gasteiger partial charge in [-0.15, -0.1) is 0 Å². The van der Waals surface area contributed by atoms with E-state index in [-0.39, 0.29) is 37.1 Å². The molecular formula is C32H31F6N3O4. The van der Waals surface area contributed by atoms with Crippen molar-refractivity contribution in [2.24, 2.45) is 0 Å². The monoisotopic (exact) mass is 635 g/mol. The summed E-state index contributed by atoms with van der Waals surface area (Å²) in [6.45, 7) is 5.55. The number of benzene rings is 2. The molecule has 1 aliphatic heterocycles. The van der Waals surface area contributed by atoms with Crippen molar-refractivity contribution in [2.45, 2.75) is 57.9 Å².